The molecule has 0 aromatic rings. The van der Waals surface area contributed by atoms with Crippen LogP contribution in [-0.4, -0.2) is 20.3 Å². The number of halogens is 4. The third kappa shape index (κ3) is 8.01. The van der Waals surface area contributed by atoms with Gasteiger partial charge in [0.25, 0.3) is 0 Å². The molecule has 0 rings (SSSR count). The third-order valence-corrected chi connectivity index (χ3v) is 7.44. The lowest BCUT2D eigenvalue weighted by Crippen LogP contribution is -2.18. The van der Waals surface area contributed by atoms with E-state index in [2.05, 4.69) is 63.7 Å². The molecular formula is C8H11Br4O3P-2. The number of alkyl halides is 4. The first-order valence-corrected chi connectivity index (χ1v) is 10.0. The first-order chi connectivity index (χ1) is 7.31. The van der Waals surface area contributed by atoms with Crippen LogP contribution in [0.3, 0.4) is 0 Å². The van der Waals surface area contributed by atoms with Crippen molar-refractivity contribution in [3.8, 4) is 0 Å². The summed E-state index contributed by atoms with van der Waals surface area (Å²) < 4.78 is 11.0. The molecule has 3 nitrogen and oxygen atoms in total. The molecule has 0 aromatic heterocycles. The molecule has 0 saturated carbocycles. The zero-order chi connectivity index (χ0) is 12.8. The maximum absolute atomic E-state index is 11.0. The molecule has 0 amide bonds. The predicted molar refractivity (Wildman–Crippen MR) is 77.9 cm³/mol. The SMILES string of the molecule is O=P([O-])([O-])/C(=C\CC(Br)CBr)CC(Br)CBr. The second-order valence-corrected chi connectivity index (χ2v) is 8.59. The highest BCUT2D eigenvalue weighted by atomic mass is 79.9. The molecule has 8 heteroatoms. The third-order valence-electron chi connectivity index (χ3n) is 1.73. The van der Waals surface area contributed by atoms with Crippen LogP contribution in [0.15, 0.2) is 11.4 Å². The standard InChI is InChI=1S/C8H13Br4O3P/c9-4-6(11)1-2-8(16(13,14)15)3-7(12)5-10/h2,6-7H,1,3-5H2,(H2,13,14,15)/p-2/b8-2-. The van der Waals surface area contributed by atoms with Crippen molar-refractivity contribution in [3.63, 3.8) is 0 Å². The summed E-state index contributed by atoms with van der Waals surface area (Å²) in [5, 5.41) is 1.27. The van der Waals surface area contributed by atoms with E-state index < -0.39 is 7.60 Å². The normalized spacial score (nSPS) is 17.2. The Morgan fingerprint density at radius 1 is 1.19 bits per heavy atom. The van der Waals surface area contributed by atoms with E-state index in [9.17, 15) is 14.4 Å². The molecule has 0 aromatic carbocycles. The van der Waals surface area contributed by atoms with Crippen LogP contribution in [0.4, 0.5) is 0 Å². The van der Waals surface area contributed by atoms with Gasteiger partial charge in [0, 0.05) is 20.3 Å². The highest BCUT2D eigenvalue weighted by Gasteiger charge is 2.10. The lowest BCUT2D eigenvalue weighted by molar-refractivity contribution is -0.310. The highest BCUT2D eigenvalue weighted by molar-refractivity contribution is 9.12. The molecule has 0 spiro atoms. The smallest absolute Gasteiger partial charge is 0.0283 e. The second kappa shape index (κ2) is 8.83. The Hall–Kier alpha value is 1.81. The summed E-state index contributed by atoms with van der Waals surface area (Å²) >= 11 is 13.1. The summed E-state index contributed by atoms with van der Waals surface area (Å²) in [4.78, 5) is 22.1. The Morgan fingerprint density at radius 2 is 1.69 bits per heavy atom. The van der Waals surface area contributed by atoms with Gasteiger partial charge in [-0.15, -0.1) is 0 Å². The Kier molecular flexibility index (Phi) is 9.83. The van der Waals surface area contributed by atoms with E-state index in [1.54, 1.807) is 0 Å². The van der Waals surface area contributed by atoms with Crippen LogP contribution in [0, 0.1) is 0 Å². The van der Waals surface area contributed by atoms with Gasteiger partial charge < -0.3 is 14.4 Å². The Morgan fingerprint density at radius 3 is 2.06 bits per heavy atom. The molecular weight excluding hydrogens is 495 g/mol. The van der Waals surface area contributed by atoms with Crippen molar-refractivity contribution >= 4 is 71.3 Å². The molecule has 0 N–H and O–H groups in total. The van der Waals surface area contributed by atoms with Gasteiger partial charge >= 0.3 is 0 Å². The molecule has 0 aliphatic heterocycles. The molecule has 0 heterocycles. The van der Waals surface area contributed by atoms with Crippen molar-refractivity contribution < 1.29 is 14.4 Å². The number of rotatable bonds is 7. The van der Waals surface area contributed by atoms with Gasteiger partial charge in [0.05, 0.1) is 0 Å². The number of hydrogen-bond donors (Lipinski definition) is 0. The predicted octanol–water partition coefficient (Wildman–Crippen LogP) is 2.88. The molecule has 0 radical (unpaired) electrons. The zero-order valence-electron chi connectivity index (χ0n) is 8.24. The lowest BCUT2D eigenvalue weighted by Gasteiger charge is -2.33. The highest BCUT2D eigenvalue weighted by Crippen LogP contribution is 2.40. The van der Waals surface area contributed by atoms with Crippen LogP contribution >= 0.6 is 71.3 Å². The summed E-state index contributed by atoms with van der Waals surface area (Å²) in [6.07, 6.45) is 2.23. The fourth-order valence-corrected chi connectivity index (χ4v) is 2.97. The molecule has 16 heavy (non-hydrogen) atoms. The van der Waals surface area contributed by atoms with Crippen molar-refractivity contribution in [1.82, 2.24) is 0 Å². The molecule has 2 unspecified atom stereocenters. The van der Waals surface area contributed by atoms with Crippen LogP contribution in [0.5, 0.6) is 0 Å². The van der Waals surface area contributed by atoms with Crippen molar-refractivity contribution in [1.29, 1.82) is 0 Å². The molecule has 0 fully saturated rings. The molecule has 0 bridgehead atoms. The van der Waals surface area contributed by atoms with E-state index in [1.807, 2.05) is 0 Å². The fraction of sp³-hybridized carbons (Fsp3) is 0.750. The van der Waals surface area contributed by atoms with Gasteiger partial charge in [0.1, 0.15) is 0 Å². The summed E-state index contributed by atoms with van der Waals surface area (Å²) in [6.45, 7) is 0. The van der Waals surface area contributed by atoms with E-state index >= 15 is 0 Å². The summed E-state index contributed by atoms with van der Waals surface area (Å²) in [5.74, 6) is 0. The molecule has 0 saturated heterocycles. The van der Waals surface area contributed by atoms with Crippen molar-refractivity contribution in [3.05, 3.63) is 11.4 Å². The van der Waals surface area contributed by atoms with Crippen LogP contribution in [-0.2, 0) is 4.57 Å². The van der Waals surface area contributed by atoms with Crippen molar-refractivity contribution in [2.45, 2.75) is 22.5 Å². The monoisotopic (exact) mass is 502 g/mol. The summed E-state index contributed by atoms with van der Waals surface area (Å²) in [7, 11) is -4.64. The Bertz CT molecular complexity index is 278. The zero-order valence-corrected chi connectivity index (χ0v) is 15.5. The number of allylic oxidation sites excluding steroid dienone is 2. The minimum Gasteiger partial charge on any atom is -0.808 e. The molecule has 2 atom stereocenters. The first kappa shape index (κ1) is 17.8. The van der Waals surface area contributed by atoms with E-state index in [-0.39, 0.29) is 21.4 Å². The second-order valence-electron chi connectivity index (χ2n) is 3.14. The summed E-state index contributed by atoms with van der Waals surface area (Å²) in [6, 6.07) is 0. The molecule has 0 aliphatic carbocycles. The van der Waals surface area contributed by atoms with Crippen LogP contribution in [0.2, 0.25) is 0 Å². The lowest BCUT2D eigenvalue weighted by atomic mass is 10.2. The van der Waals surface area contributed by atoms with Gasteiger partial charge in [-0.25, -0.2) is 0 Å². The van der Waals surface area contributed by atoms with E-state index in [0.29, 0.717) is 17.1 Å². The van der Waals surface area contributed by atoms with Crippen LogP contribution < -0.4 is 9.79 Å². The average Bonchev–Trinajstić information content (AvgIpc) is 2.21. The van der Waals surface area contributed by atoms with Crippen molar-refractivity contribution in [2.75, 3.05) is 10.7 Å². The molecule has 96 valence electrons. The maximum atomic E-state index is 11.0. The van der Waals surface area contributed by atoms with E-state index in [1.165, 1.54) is 6.08 Å². The number of hydrogen-bond acceptors (Lipinski definition) is 3. The van der Waals surface area contributed by atoms with Gasteiger partial charge in [0.15, 0.2) is 0 Å². The minimum atomic E-state index is -4.64. The minimum absolute atomic E-state index is 0.0285. The molecule has 0 aliphatic rings. The van der Waals surface area contributed by atoms with Gasteiger partial charge in [-0.05, 0) is 25.8 Å². The fourth-order valence-electron chi connectivity index (χ4n) is 0.915. The topological polar surface area (TPSA) is 63.2 Å². The average molecular weight is 506 g/mol. The first-order valence-electron chi connectivity index (χ1n) is 4.43. The van der Waals surface area contributed by atoms with Crippen LogP contribution in [0.25, 0.3) is 0 Å². The summed E-state index contributed by atoms with van der Waals surface area (Å²) in [5.41, 5.74) is 0. The van der Waals surface area contributed by atoms with Gasteiger partial charge in [0.2, 0.25) is 0 Å². The van der Waals surface area contributed by atoms with E-state index in [0.717, 1.165) is 0 Å². The van der Waals surface area contributed by atoms with E-state index in [4.69, 9.17) is 0 Å². The largest absolute Gasteiger partial charge is 0.808 e. The Balaban J connectivity index is 4.62. The Labute approximate surface area is 129 Å². The van der Waals surface area contributed by atoms with Gasteiger partial charge in [-0.3, -0.25) is 0 Å². The maximum Gasteiger partial charge on any atom is 0.0283 e. The van der Waals surface area contributed by atoms with Crippen LogP contribution in [0.1, 0.15) is 12.8 Å². The van der Waals surface area contributed by atoms with Gasteiger partial charge in [-0.1, -0.05) is 69.8 Å². The van der Waals surface area contributed by atoms with Crippen molar-refractivity contribution in [2.24, 2.45) is 0 Å². The quantitative estimate of drug-likeness (QED) is 0.395. The van der Waals surface area contributed by atoms with Gasteiger partial charge in [-0.2, -0.15) is 0 Å².